The van der Waals surface area contributed by atoms with Crippen molar-refractivity contribution in [2.75, 3.05) is 0 Å². The lowest BCUT2D eigenvalue weighted by Gasteiger charge is -2.20. The lowest BCUT2D eigenvalue weighted by molar-refractivity contribution is -0.137. The number of hydrogen-bond acceptors (Lipinski definition) is 7. The topological polar surface area (TPSA) is 100 Å². The summed E-state index contributed by atoms with van der Waals surface area (Å²) in [5, 5.41) is 3.60. The van der Waals surface area contributed by atoms with Gasteiger partial charge in [-0.3, -0.25) is 4.98 Å². The first-order valence-electron chi connectivity index (χ1n) is 25.3. The Labute approximate surface area is 444 Å². The molecule has 5 aromatic heterocycles. The number of halogens is 3. The van der Waals surface area contributed by atoms with Gasteiger partial charge in [0.15, 0.2) is 34.9 Å². The van der Waals surface area contributed by atoms with Crippen LogP contribution in [0.25, 0.3) is 134 Å². The summed E-state index contributed by atoms with van der Waals surface area (Å²) in [5.74, 6) is 3.13. The summed E-state index contributed by atoms with van der Waals surface area (Å²) in [7, 11) is 0. The van der Waals surface area contributed by atoms with Gasteiger partial charge >= 0.3 is 6.18 Å². The molecule has 0 fully saturated rings. The maximum atomic E-state index is 15.1. The Balaban J connectivity index is 0.948. The summed E-state index contributed by atoms with van der Waals surface area (Å²) >= 11 is 0. The molecule has 0 spiro atoms. The van der Waals surface area contributed by atoms with Crippen molar-refractivity contribution in [3.8, 4) is 90.8 Å². The van der Waals surface area contributed by atoms with Crippen LogP contribution >= 0.6 is 0 Å². The average molecular weight is 1020 g/mol. The number of hydrogen-bond donors (Lipinski definition) is 0. The Hall–Kier alpha value is -10.5. The number of pyridine rings is 1. The smallest absolute Gasteiger partial charge is 0.309 e. The maximum absolute atomic E-state index is 15.1. The van der Waals surface area contributed by atoms with Crippen molar-refractivity contribution >= 4 is 43.6 Å². The Morgan fingerprint density at radius 1 is 0.295 bits per heavy atom. The number of rotatable bonds is 9. The maximum Gasteiger partial charge on any atom is 0.416 e. The number of benzene rings is 9. The van der Waals surface area contributed by atoms with Gasteiger partial charge in [-0.1, -0.05) is 158 Å². The number of aromatic nitrogens is 9. The van der Waals surface area contributed by atoms with Crippen molar-refractivity contribution in [3.63, 3.8) is 0 Å². The van der Waals surface area contributed by atoms with Crippen molar-refractivity contribution in [1.29, 1.82) is 0 Å². The fourth-order valence-electron chi connectivity index (χ4n) is 10.5. The average Bonchev–Trinajstić information content (AvgIpc) is 4.25. The molecule has 78 heavy (non-hydrogen) atoms. The number of nitrogens with zero attached hydrogens (tertiary/aromatic N) is 9. The molecule has 0 aliphatic carbocycles. The second-order valence-corrected chi connectivity index (χ2v) is 18.9. The summed E-state index contributed by atoms with van der Waals surface area (Å²) in [5.41, 5.74) is 9.45. The Morgan fingerprint density at radius 2 is 0.667 bits per heavy atom. The van der Waals surface area contributed by atoms with E-state index in [2.05, 4.69) is 27.8 Å². The first kappa shape index (κ1) is 46.1. The van der Waals surface area contributed by atoms with E-state index < -0.39 is 11.7 Å². The highest BCUT2D eigenvalue weighted by Crippen LogP contribution is 2.44. The Bertz CT molecular complexity index is 4480. The van der Waals surface area contributed by atoms with E-state index in [4.69, 9.17) is 29.9 Å². The molecular formula is C66H40F3N9. The van der Waals surface area contributed by atoms with Crippen molar-refractivity contribution < 1.29 is 13.2 Å². The zero-order valence-corrected chi connectivity index (χ0v) is 41.3. The number of fused-ring (bicyclic) bond motifs is 6. The monoisotopic (exact) mass is 1020 g/mol. The van der Waals surface area contributed by atoms with Gasteiger partial charge in [0, 0.05) is 72.2 Å². The number of alkyl halides is 3. The second-order valence-electron chi connectivity index (χ2n) is 18.9. The first-order valence-corrected chi connectivity index (χ1v) is 25.3. The molecule has 0 radical (unpaired) electrons. The molecule has 9 aromatic carbocycles. The van der Waals surface area contributed by atoms with Crippen molar-refractivity contribution in [3.05, 3.63) is 248 Å². The lowest BCUT2D eigenvalue weighted by Crippen LogP contribution is -2.08. The predicted molar refractivity (Wildman–Crippen MR) is 303 cm³/mol. The molecule has 0 aliphatic heterocycles. The molecule has 9 nitrogen and oxygen atoms in total. The van der Waals surface area contributed by atoms with Crippen LogP contribution in [0.3, 0.4) is 0 Å². The Morgan fingerprint density at radius 3 is 1.09 bits per heavy atom. The first-order chi connectivity index (χ1) is 38.3. The van der Waals surface area contributed by atoms with E-state index in [9.17, 15) is 0 Å². The highest BCUT2D eigenvalue weighted by atomic mass is 19.4. The molecule has 14 aromatic rings. The lowest BCUT2D eigenvalue weighted by atomic mass is 9.99. The third kappa shape index (κ3) is 8.10. The fourth-order valence-corrected chi connectivity index (χ4v) is 10.5. The standard InChI is InChI=1S/C66H40F3N9/c67-66(68,69)47-31-34-58(77-54-27-15-13-25-48(54)51-37-45(29-32-56(51)77)64-73-60(41-17-5-1-6-18-41)71-61(74-64)42-19-7-2-8-20-42)53(39-47)50-35-36-70-40-59(50)78-55-28-16-14-26-49(55)52-38-46(30-33-57(52)78)65-75-62(43-21-9-3-10-22-43)72-63(76-65)44-23-11-4-12-24-44/h1-40H. The predicted octanol–water partition coefficient (Wildman–Crippen LogP) is 16.3. The van der Waals surface area contributed by atoms with Gasteiger partial charge in [-0.15, -0.1) is 0 Å². The summed E-state index contributed by atoms with van der Waals surface area (Å²) in [6, 6.07) is 73.1. The van der Waals surface area contributed by atoms with Gasteiger partial charge in [0.1, 0.15) is 0 Å². The minimum atomic E-state index is -4.64. The zero-order chi connectivity index (χ0) is 52.3. The van der Waals surface area contributed by atoms with Gasteiger partial charge < -0.3 is 9.13 Å². The summed E-state index contributed by atoms with van der Waals surface area (Å²) < 4.78 is 49.4. The molecule has 0 unspecified atom stereocenters. The van der Waals surface area contributed by atoms with Crippen LogP contribution in [-0.4, -0.2) is 44.0 Å². The molecule has 0 aliphatic rings. The van der Waals surface area contributed by atoms with E-state index >= 15 is 13.2 Å². The molecule has 0 amide bonds. The highest BCUT2D eigenvalue weighted by molar-refractivity contribution is 6.12. The van der Waals surface area contributed by atoms with Crippen LogP contribution in [0.15, 0.2) is 243 Å². The highest BCUT2D eigenvalue weighted by Gasteiger charge is 2.32. The SMILES string of the molecule is FC(F)(F)c1ccc(-n2c3ccccc3c3cc(-c4nc(-c5ccccc5)nc(-c5ccccc5)n4)ccc32)c(-c2ccncc2-n2c3ccccc3c3cc(-c4nc(-c5ccccc5)nc(-c5ccccc5)n4)ccc32)c1. The van der Waals surface area contributed by atoms with Gasteiger partial charge in [-0.2, -0.15) is 13.2 Å². The molecular weight excluding hydrogens is 976 g/mol. The van der Waals surface area contributed by atoms with E-state index in [0.29, 0.717) is 57.4 Å². The van der Waals surface area contributed by atoms with Gasteiger partial charge in [-0.05, 0) is 72.8 Å². The van der Waals surface area contributed by atoms with Crippen LogP contribution in [-0.2, 0) is 6.18 Å². The summed E-state index contributed by atoms with van der Waals surface area (Å²) in [6.07, 6.45) is -1.29. The molecule has 0 atom stereocenters. The van der Waals surface area contributed by atoms with Crippen LogP contribution in [0.2, 0.25) is 0 Å². The van der Waals surface area contributed by atoms with Gasteiger partial charge in [0.25, 0.3) is 0 Å². The number of para-hydroxylation sites is 2. The van der Waals surface area contributed by atoms with Gasteiger partial charge in [0.2, 0.25) is 0 Å². The zero-order valence-electron chi connectivity index (χ0n) is 41.3. The van der Waals surface area contributed by atoms with Crippen LogP contribution in [0.5, 0.6) is 0 Å². The largest absolute Gasteiger partial charge is 0.416 e. The van der Waals surface area contributed by atoms with Crippen molar-refractivity contribution in [1.82, 2.24) is 44.0 Å². The third-order valence-corrected chi connectivity index (χ3v) is 14.2. The fraction of sp³-hybridized carbons (Fsp3) is 0.0152. The minimum absolute atomic E-state index is 0.362. The third-order valence-electron chi connectivity index (χ3n) is 14.2. The van der Waals surface area contributed by atoms with Crippen LogP contribution in [0, 0.1) is 0 Å². The molecule has 0 bridgehead atoms. The molecule has 0 N–H and O–H groups in total. The summed E-state index contributed by atoms with van der Waals surface area (Å²) in [4.78, 5) is 34.5. The van der Waals surface area contributed by atoms with E-state index in [-0.39, 0.29) is 0 Å². The van der Waals surface area contributed by atoms with Crippen LogP contribution in [0.4, 0.5) is 13.2 Å². The van der Waals surface area contributed by atoms with Crippen LogP contribution in [0.1, 0.15) is 5.56 Å². The molecule has 370 valence electrons. The van der Waals surface area contributed by atoms with E-state index in [1.54, 1.807) is 24.5 Å². The molecule has 14 rings (SSSR count). The van der Waals surface area contributed by atoms with Crippen molar-refractivity contribution in [2.45, 2.75) is 6.18 Å². The summed E-state index contributed by atoms with van der Waals surface area (Å²) in [6.45, 7) is 0. The van der Waals surface area contributed by atoms with E-state index in [0.717, 1.165) is 83.1 Å². The molecule has 5 heterocycles. The second kappa shape index (κ2) is 18.7. The molecule has 12 heteroatoms. The molecule has 0 saturated carbocycles. The normalized spacial score (nSPS) is 11.8. The molecule has 0 saturated heterocycles. The van der Waals surface area contributed by atoms with Gasteiger partial charge in [0.05, 0.1) is 45.2 Å². The van der Waals surface area contributed by atoms with Crippen molar-refractivity contribution in [2.24, 2.45) is 0 Å². The van der Waals surface area contributed by atoms with E-state index in [1.165, 1.54) is 6.07 Å². The van der Waals surface area contributed by atoms with Gasteiger partial charge in [-0.25, -0.2) is 29.9 Å². The van der Waals surface area contributed by atoms with E-state index in [1.807, 2.05) is 193 Å². The Kier molecular flexibility index (Phi) is 11.1. The van der Waals surface area contributed by atoms with Crippen LogP contribution < -0.4 is 0 Å². The minimum Gasteiger partial charge on any atom is -0.309 e. The quantitative estimate of drug-likeness (QED) is 0.142.